The summed E-state index contributed by atoms with van der Waals surface area (Å²) in [5, 5.41) is 13.2. The van der Waals surface area contributed by atoms with E-state index in [1.165, 1.54) is 34.4 Å². The van der Waals surface area contributed by atoms with Gasteiger partial charge in [-0.1, -0.05) is 24.3 Å². The van der Waals surface area contributed by atoms with Crippen molar-refractivity contribution < 1.29 is 14.6 Å². The molecule has 2 N–H and O–H groups in total. The van der Waals surface area contributed by atoms with Crippen molar-refractivity contribution in [1.29, 1.82) is 0 Å². The van der Waals surface area contributed by atoms with Crippen LogP contribution in [-0.2, 0) is 24.1 Å². The highest BCUT2D eigenvalue weighted by Gasteiger charge is 2.45. The van der Waals surface area contributed by atoms with Crippen molar-refractivity contribution in [3.63, 3.8) is 0 Å². The van der Waals surface area contributed by atoms with Gasteiger partial charge in [0, 0.05) is 36.9 Å². The Morgan fingerprint density at radius 1 is 1.18 bits per heavy atom. The molecule has 1 amide bonds. The van der Waals surface area contributed by atoms with Gasteiger partial charge in [-0.25, -0.2) is 0 Å². The number of phenols is 1. The number of fused-ring (bicyclic) bond motifs is 10. The Morgan fingerprint density at radius 2 is 2.09 bits per heavy atom. The second-order valence-corrected chi connectivity index (χ2v) is 10.2. The van der Waals surface area contributed by atoms with Crippen LogP contribution in [0.25, 0.3) is 11.1 Å². The first-order valence-electron chi connectivity index (χ1n) is 12.8. The molecule has 0 bridgehead atoms. The van der Waals surface area contributed by atoms with Crippen LogP contribution in [0.1, 0.15) is 64.7 Å². The molecule has 0 saturated carbocycles. The summed E-state index contributed by atoms with van der Waals surface area (Å²) < 4.78 is 6.14. The molecular formula is C29H30N2O3. The molecule has 34 heavy (non-hydrogen) atoms. The molecule has 0 aromatic heterocycles. The van der Waals surface area contributed by atoms with Gasteiger partial charge in [-0.15, -0.1) is 0 Å². The summed E-state index contributed by atoms with van der Waals surface area (Å²) in [5.41, 5.74) is 10.6. The highest BCUT2D eigenvalue weighted by atomic mass is 16.5. The number of nitrogens with zero attached hydrogens (tertiary/aromatic N) is 1. The van der Waals surface area contributed by atoms with Crippen molar-refractivity contribution >= 4 is 11.6 Å². The minimum atomic E-state index is 0.0349. The zero-order valence-electron chi connectivity index (χ0n) is 19.6. The van der Waals surface area contributed by atoms with Crippen LogP contribution in [0.3, 0.4) is 0 Å². The fourth-order valence-electron chi connectivity index (χ4n) is 7.05. The number of phenolic OH excluding ortho intramolecular Hbond substituents is 1. The largest absolute Gasteiger partial charge is 0.508 e. The van der Waals surface area contributed by atoms with E-state index in [4.69, 9.17) is 4.74 Å². The summed E-state index contributed by atoms with van der Waals surface area (Å²) >= 11 is 0. The first-order valence-corrected chi connectivity index (χ1v) is 12.8. The zero-order chi connectivity index (χ0) is 23.0. The van der Waals surface area contributed by atoms with Gasteiger partial charge in [0.05, 0.1) is 17.7 Å². The number of aryl methyl sites for hydroxylation is 1. The van der Waals surface area contributed by atoms with E-state index < -0.39 is 0 Å². The van der Waals surface area contributed by atoms with Crippen molar-refractivity contribution in [3.05, 3.63) is 69.8 Å². The van der Waals surface area contributed by atoms with Crippen molar-refractivity contribution in [3.8, 4) is 16.9 Å². The molecule has 5 heteroatoms. The van der Waals surface area contributed by atoms with Gasteiger partial charge < -0.3 is 20.1 Å². The summed E-state index contributed by atoms with van der Waals surface area (Å²) in [4.78, 5) is 15.8. The number of anilines is 1. The molecule has 1 saturated heterocycles. The summed E-state index contributed by atoms with van der Waals surface area (Å²) in [6.45, 7) is 4.60. The van der Waals surface area contributed by atoms with Crippen LogP contribution in [0, 0.1) is 0 Å². The van der Waals surface area contributed by atoms with Gasteiger partial charge in [-0.2, -0.15) is 0 Å². The Balaban J connectivity index is 1.46. The lowest BCUT2D eigenvalue weighted by Gasteiger charge is -2.32. The predicted molar refractivity (Wildman–Crippen MR) is 132 cm³/mol. The molecule has 7 rings (SSSR count). The SMILES string of the molecule is CCN1c2c3c(c4c(c2C2C=C(C5CCCCO5)C=CC21)CNC4=O)-c1ccc(O)cc1CC3. The molecule has 0 radical (unpaired) electrons. The van der Waals surface area contributed by atoms with Crippen molar-refractivity contribution in [2.24, 2.45) is 0 Å². The number of hydrogen-bond donors (Lipinski definition) is 2. The summed E-state index contributed by atoms with van der Waals surface area (Å²) in [6.07, 6.45) is 12.5. The average molecular weight is 455 g/mol. The van der Waals surface area contributed by atoms with Gasteiger partial charge in [0.25, 0.3) is 5.91 Å². The van der Waals surface area contributed by atoms with Crippen molar-refractivity contribution in [1.82, 2.24) is 5.32 Å². The van der Waals surface area contributed by atoms with Crippen LogP contribution in [0.2, 0.25) is 0 Å². The van der Waals surface area contributed by atoms with Gasteiger partial charge in [-0.3, -0.25) is 4.79 Å². The molecule has 5 nitrogen and oxygen atoms in total. The molecule has 3 atom stereocenters. The lowest BCUT2D eigenvalue weighted by molar-refractivity contribution is 0.0409. The van der Waals surface area contributed by atoms with E-state index in [1.54, 1.807) is 6.07 Å². The maximum Gasteiger partial charge on any atom is 0.252 e. The number of carbonyl (C=O) groups excluding carboxylic acids is 1. The minimum Gasteiger partial charge on any atom is -0.508 e. The van der Waals surface area contributed by atoms with Gasteiger partial charge in [0.2, 0.25) is 0 Å². The molecule has 2 aromatic carbocycles. The Morgan fingerprint density at radius 3 is 2.91 bits per heavy atom. The number of benzene rings is 2. The number of amides is 1. The smallest absolute Gasteiger partial charge is 0.252 e. The van der Waals surface area contributed by atoms with E-state index in [9.17, 15) is 9.90 Å². The first-order chi connectivity index (χ1) is 16.7. The molecule has 174 valence electrons. The minimum absolute atomic E-state index is 0.0349. The van der Waals surface area contributed by atoms with E-state index in [1.807, 2.05) is 12.1 Å². The van der Waals surface area contributed by atoms with E-state index in [0.29, 0.717) is 12.3 Å². The molecule has 3 heterocycles. The van der Waals surface area contributed by atoms with Crippen LogP contribution >= 0.6 is 0 Å². The maximum atomic E-state index is 13.2. The van der Waals surface area contributed by atoms with Gasteiger partial charge in [-0.05, 0) is 84.6 Å². The topological polar surface area (TPSA) is 61.8 Å². The third-order valence-electron chi connectivity index (χ3n) is 8.47. The second-order valence-electron chi connectivity index (χ2n) is 10.2. The predicted octanol–water partition coefficient (Wildman–Crippen LogP) is 4.76. The lowest BCUT2D eigenvalue weighted by Crippen LogP contribution is -2.34. The third-order valence-corrected chi connectivity index (χ3v) is 8.47. The van der Waals surface area contributed by atoms with Crippen molar-refractivity contribution in [2.75, 3.05) is 18.1 Å². The third kappa shape index (κ3) is 2.73. The summed E-state index contributed by atoms with van der Waals surface area (Å²) in [6, 6.07) is 5.89. The number of nitrogens with one attached hydrogen (secondary N) is 1. The summed E-state index contributed by atoms with van der Waals surface area (Å²) in [7, 11) is 0. The molecular weight excluding hydrogens is 424 g/mol. The van der Waals surface area contributed by atoms with Gasteiger partial charge in [0.15, 0.2) is 0 Å². The van der Waals surface area contributed by atoms with E-state index in [-0.39, 0.29) is 24.0 Å². The molecule has 5 aliphatic rings. The quantitative estimate of drug-likeness (QED) is 0.687. The number of likely N-dealkylation sites (N-methyl/N-ethyl adjacent to an activating group) is 1. The van der Waals surface area contributed by atoms with E-state index in [2.05, 4.69) is 35.4 Å². The average Bonchev–Trinajstić information content (AvgIpc) is 3.41. The maximum absolute atomic E-state index is 13.2. The van der Waals surface area contributed by atoms with Crippen LogP contribution in [-0.4, -0.2) is 36.3 Å². The zero-order valence-corrected chi connectivity index (χ0v) is 19.6. The molecule has 3 aliphatic heterocycles. The fraction of sp³-hybridized carbons (Fsp3) is 0.414. The molecule has 2 aromatic rings. The highest BCUT2D eigenvalue weighted by Crippen LogP contribution is 2.55. The standard InChI is InChI=1S/C29H30N2O3/c1-2-31-23-11-7-17(24-5-3-4-12-34-24)14-21(23)26-22-15-30-29(33)27(22)25-19-10-8-18(32)13-16(19)6-9-20(25)28(26)31/h7-8,10-11,13-14,21,23-24,32H,2-6,9,12,15H2,1H3,(H,30,33). The normalized spacial score (nSPS) is 26.3. The number of ether oxygens (including phenoxy) is 1. The lowest BCUT2D eigenvalue weighted by atomic mass is 9.76. The molecule has 0 spiro atoms. The van der Waals surface area contributed by atoms with E-state index in [0.717, 1.165) is 61.1 Å². The highest BCUT2D eigenvalue weighted by molar-refractivity contribution is 6.08. The fourth-order valence-corrected chi connectivity index (χ4v) is 7.05. The monoisotopic (exact) mass is 454 g/mol. The molecule has 3 unspecified atom stereocenters. The van der Waals surface area contributed by atoms with Crippen LogP contribution in [0.15, 0.2) is 42.0 Å². The Bertz CT molecular complexity index is 1290. The van der Waals surface area contributed by atoms with Gasteiger partial charge in [0.1, 0.15) is 5.75 Å². The first kappa shape index (κ1) is 20.3. The number of rotatable bonds is 2. The molecule has 2 aliphatic carbocycles. The van der Waals surface area contributed by atoms with Crippen LogP contribution < -0.4 is 10.2 Å². The number of carbonyl (C=O) groups is 1. The molecule has 1 fully saturated rings. The van der Waals surface area contributed by atoms with Crippen LogP contribution in [0.5, 0.6) is 5.75 Å². The summed E-state index contributed by atoms with van der Waals surface area (Å²) in [5.74, 6) is 0.569. The number of hydrogen-bond acceptors (Lipinski definition) is 4. The van der Waals surface area contributed by atoms with E-state index >= 15 is 0 Å². The second kappa shape index (κ2) is 7.47. The number of aromatic hydroxyl groups is 1. The Labute approximate surface area is 200 Å². The Hall–Kier alpha value is -3.05. The van der Waals surface area contributed by atoms with Crippen LogP contribution in [0.4, 0.5) is 5.69 Å². The Kier molecular flexibility index (Phi) is 4.47. The van der Waals surface area contributed by atoms with Crippen molar-refractivity contribution in [2.45, 2.75) is 63.6 Å². The van der Waals surface area contributed by atoms with Gasteiger partial charge >= 0.3 is 0 Å².